The number of carbonyl (C=O) groups excluding carboxylic acids is 1. The number of nitrogens with one attached hydrogen (secondary N) is 2. The molecule has 0 aliphatic carbocycles. The Morgan fingerprint density at radius 3 is 2.62 bits per heavy atom. The molecule has 2 aromatic rings. The number of aromatic amines is 2. The Bertz CT molecular complexity index is 1060. The first-order chi connectivity index (χ1) is 12.3. The van der Waals surface area contributed by atoms with E-state index < -0.39 is 38.1 Å². The van der Waals surface area contributed by atoms with Gasteiger partial charge < -0.3 is 9.88 Å². The number of nitrogens with zero attached hydrogens (tertiary/aromatic N) is 1. The van der Waals surface area contributed by atoms with Gasteiger partial charge in [-0.3, -0.25) is 14.6 Å². The molecule has 26 heavy (non-hydrogen) atoms. The highest BCUT2D eigenvalue weighted by molar-refractivity contribution is 7.91. The van der Waals surface area contributed by atoms with E-state index in [-0.39, 0.29) is 36.4 Å². The van der Waals surface area contributed by atoms with E-state index in [1.807, 2.05) is 4.98 Å². The van der Waals surface area contributed by atoms with Crippen LogP contribution in [0.1, 0.15) is 27.6 Å². The zero-order valence-electron chi connectivity index (χ0n) is 13.6. The molecule has 0 spiro atoms. The van der Waals surface area contributed by atoms with Crippen LogP contribution in [0.15, 0.2) is 40.1 Å². The van der Waals surface area contributed by atoms with E-state index >= 15 is 0 Å². The Balaban J connectivity index is 1.89. The second-order valence-electron chi connectivity index (χ2n) is 5.94. The zero-order valence-corrected chi connectivity index (χ0v) is 14.4. The number of rotatable bonds is 2. The Hall–Kier alpha value is -2.75. The molecule has 1 aliphatic heterocycles. The highest BCUT2D eigenvalue weighted by Gasteiger charge is 2.34. The van der Waals surface area contributed by atoms with Crippen LogP contribution < -0.4 is 11.2 Å². The molecule has 2 heterocycles. The lowest BCUT2D eigenvalue weighted by Crippen LogP contribution is -2.38. The minimum Gasteiger partial charge on any atom is -0.337 e. The summed E-state index contributed by atoms with van der Waals surface area (Å²) in [4.78, 5) is 40.7. The lowest BCUT2D eigenvalue weighted by Gasteiger charge is -2.19. The maximum absolute atomic E-state index is 14.0. The van der Waals surface area contributed by atoms with Gasteiger partial charge in [-0.1, -0.05) is 18.2 Å². The number of hydrogen-bond acceptors (Lipinski definition) is 5. The van der Waals surface area contributed by atoms with Crippen molar-refractivity contribution in [1.82, 2.24) is 14.9 Å². The van der Waals surface area contributed by atoms with Crippen LogP contribution in [0.5, 0.6) is 0 Å². The summed E-state index contributed by atoms with van der Waals surface area (Å²) in [6.45, 7) is -0.0830. The Kier molecular flexibility index (Phi) is 4.77. The molecule has 1 saturated heterocycles. The number of sulfone groups is 1. The summed E-state index contributed by atoms with van der Waals surface area (Å²) in [6.07, 6.45) is 1.01. The molecule has 8 nitrogen and oxygen atoms in total. The van der Waals surface area contributed by atoms with Crippen LogP contribution in [0.3, 0.4) is 0 Å². The number of H-pyrrole nitrogens is 2. The SMILES string of the molecule is O=C(c1c[nH]c(=O)[nH]c1=O)N1CC[C@@H](c2ccccc2F)S(=O)(=O)CC1. The first-order valence-corrected chi connectivity index (χ1v) is 9.58. The number of aromatic nitrogens is 2. The van der Waals surface area contributed by atoms with Crippen molar-refractivity contribution in [3.05, 3.63) is 68.2 Å². The molecule has 1 fully saturated rings. The van der Waals surface area contributed by atoms with Gasteiger partial charge >= 0.3 is 5.69 Å². The summed E-state index contributed by atoms with van der Waals surface area (Å²) >= 11 is 0. The lowest BCUT2D eigenvalue weighted by molar-refractivity contribution is 0.0764. The Morgan fingerprint density at radius 2 is 1.92 bits per heavy atom. The zero-order chi connectivity index (χ0) is 18.9. The first-order valence-electron chi connectivity index (χ1n) is 7.87. The van der Waals surface area contributed by atoms with E-state index in [1.54, 1.807) is 6.07 Å². The smallest absolute Gasteiger partial charge is 0.325 e. The molecule has 0 unspecified atom stereocenters. The summed E-state index contributed by atoms with van der Waals surface area (Å²) in [6, 6.07) is 5.64. The average Bonchev–Trinajstić information content (AvgIpc) is 2.73. The number of amides is 1. The van der Waals surface area contributed by atoms with Crippen LogP contribution in [-0.4, -0.2) is 48.0 Å². The molecule has 0 radical (unpaired) electrons. The van der Waals surface area contributed by atoms with Crippen LogP contribution in [0.2, 0.25) is 0 Å². The molecule has 0 saturated carbocycles. The minimum absolute atomic E-state index is 0.0102. The van der Waals surface area contributed by atoms with Gasteiger partial charge in [-0.2, -0.15) is 0 Å². The van der Waals surface area contributed by atoms with Crippen molar-refractivity contribution in [2.45, 2.75) is 11.7 Å². The number of hydrogen-bond donors (Lipinski definition) is 2. The maximum Gasteiger partial charge on any atom is 0.325 e. The Labute approximate surface area is 147 Å². The molecule has 0 bridgehead atoms. The third-order valence-electron chi connectivity index (χ3n) is 4.33. The van der Waals surface area contributed by atoms with Gasteiger partial charge in [0.25, 0.3) is 11.5 Å². The van der Waals surface area contributed by atoms with Gasteiger partial charge in [-0.25, -0.2) is 17.6 Å². The lowest BCUT2D eigenvalue weighted by atomic mass is 10.1. The van der Waals surface area contributed by atoms with Crippen molar-refractivity contribution in [1.29, 1.82) is 0 Å². The summed E-state index contributed by atoms with van der Waals surface area (Å²) in [5.74, 6) is -1.65. The van der Waals surface area contributed by atoms with E-state index in [1.165, 1.54) is 23.1 Å². The maximum atomic E-state index is 14.0. The normalized spacial score (nSPS) is 19.7. The van der Waals surface area contributed by atoms with Crippen molar-refractivity contribution < 1.29 is 17.6 Å². The van der Waals surface area contributed by atoms with Crippen molar-refractivity contribution >= 4 is 15.7 Å². The molecule has 2 N–H and O–H groups in total. The highest BCUT2D eigenvalue weighted by Crippen LogP contribution is 2.31. The largest absolute Gasteiger partial charge is 0.337 e. The summed E-state index contributed by atoms with van der Waals surface area (Å²) < 4.78 is 39.1. The second kappa shape index (κ2) is 6.87. The van der Waals surface area contributed by atoms with Gasteiger partial charge in [-0.05, 0) is 12.5 Å². The molecule has 1 aliphatic rings. The first kappa shape index (κ1) is 18.1. The van der Waals surface area contributed by atoms with Crippen LogP contribution in [0.4, 0.5) is 4.39 Å². The third-order valence-corrected chi connectivity index (χ3v) is 6.44. The summed E-state index contributed by atoms with van der Waals surface area (Å²) in [7, 11) is -3.68. The molecule has 3 rings (SSSR count). The van der Waals surface area contributed by atoms with Gasteiger partial charge in [0, 0.05) is 24.8 Å². The topological polar surface area (TPSA) is 120 Å². The van der Waals surface area contributed by atoms with Crippen LogP contribution in [0.25, 0.3) is 0 Å². The van der Waals surface area contributed by atoms with E-state index in [2.05, 4.69) is 4.98 Å². The molecular formula is C16H16FN3O5S. The standard InChI is InChI=1S/C16H16FN3O5S/c17-12-4-2-1-3-10(12)13-5-6-20(7-8-26(13,24)25)15(22)11-9-18-16(23)19-14(11)21/h1-4,9,13H,5-8H2,(H2,18,19,21,23)/t13-/m0/s1. The molecule has 1 atom stereocenters. The van der Waals surface area contributed by atoms with Gasteiger partial charge in [0.1, 0.15) is 11.4 Å². The van der Waals surface area contributed by atoms with Crippen molar-refractivity contribution in [2.24, 2.45) is 0 Å². The van der Waals surface area contributed by atoms with Gasteiger partial charge in [0.05, 0.1) is 11.0 Å². The molecular weight excluding hydrogens is 365 g/mol. The monoisotopic (exact) mass is 381 g/mol. The molecule has 1 aromatic heterocycles. The average molecular weight is 381 g/mol. The fraction of sp³-hybridized carbons (Fsp3) is 0.312. The van der Waals surface area contributed by atoms with Crippen LogP contribution in [-0.2, 0) is 9.84 Å². The molecule has 1 aromatic carbocycles. The van der Waals surface area contributed by atoms with Gasteiger partial charge in [-0.15, -0.1) is 0 Å². The number of halogens is 1. The van der Waals surface area contributed by atoms with Gasteiger partial charge in [0.15, 0.2) is 9.84 Å². The summed E-state index contributed by atoms with van der Waals surface area (Å²) in [5.41, 5.74) is -1.81. The fourth-order valence-electron chi connectivity index (χ4n) is 2.97. The third kappa shape index (κ3) is 3.45. The predicted molar refractivity (Wildman–Crippen MR) is 91.1 cm³/mol. The second-order valence-corrected chi connectivity index (χ2v) is 8.25. The van der Waals surface area contributed by atoms with E-state index in [4.69, 9.17) is 0 Å². The highest BCUT2D eigenvalue weighted by atomic mass is 32.2. The fourth-order valence-corrected chi connectivity index (χ4v) is 4.77. The van der Waals surface area contributed by atoms with Crippen molar-refractivity contribution in [2.75, 3.05) is 18.8 Å². The summed E-state index contributed by atoms with van der Waals surface area (Å²) in [5, 5.41) is -1.06. The van der Waals surface area contributed by atoms with Gasteiger partial charge in [0.2, 0.25) is 0 Å². The quantitative estimate of drug-likeness (QED) is 0.770. The van der Waals surface area contributed by atoms with E-state index in [0.717, 1.165) is 6.20 Å². The predicted octanol–water partition coefficient (Wildman–Crippen LogP) is 0.204. The van der Waals surface area contributed by atoms with E-state index in [0.29, 0.717) is 0 Å². The van der Waals surface area contributed by atoms with Crippen LogP contribution >= 0.6 is 0 Å². The van der Waals surface area contributed by atoms with Crippen molar-refractivity contribution in [3.8, 4) is 0 Å². The minimum atomic E-state index is -3.68. The Morgan fingerprint density at radius 1 is 1.19 bits per heavy atom. The number of benzene rings is 1. The van der Waals surface area contributed by atoms with Crippen LogP contribution in [0, 0.1) is 5.82 Å². The molecule has 138 valence electrons. The van der Waals surface area contributed by atoms with Crippen molar-refractivity contribution in [3.63, 3.8) is 0 Å². The van der Waals surface area contributed by atoms with E-state index in [9.17, 15) is 27.2 Å². The number of carbonyl (C=O) groups is 1. The molecule has 10 heteroatoms. The molecule has 1 amide bonds.